The van der Waals surface area contributed by atoms with E-state index in [1.165, 1.54) is 0 Å². The maximum atomic E-state index is 5.10. The summed E-state index contributed by atoms with van der Waals surface area (Å²) in [6.45, 7) is 0.669. The molecule has 0 saturated heterocycles. The fraction of sp³-hybridized carbons (Fsp3) is 0.125. The van der Waals surface area contributed by atoms with Gasteiger partial charge in [-0.1, -0.05) is 28.1 Å². The van der Waals surface area contributed by atoms with Gasteiger partial charge in [0.2, 0.25) is 0 Å². The molecular formula is C8H10BrN3S. The molecule has 0 saturated carbocycles. The number of halogens is 1. The predicted octanol–water partition coefficient (Wildman–Crippen LogP) is 1.29. The van der Waals surface area contributed by atoms with Gasteiger partial charge in [-0.25, -0.2) is 5.84 Å². The second kappa shape index (κ2) is 5.16. The van der Waals surface area contributed by atoms with Crippen molar-refractivity contribution in [2.24, 2.45) is 5.84 Å². The number of hydrogen-bond acceptors (Lipinski definition) is 2. The first-order chi connectivity index (χ1) is 6.22. The molecule has 0 fully saturated rings. The largest absolute Gasteiger partial charge is 0.358 e. The van der Waals surface area contributed by atoms with E-state index in [9.17, 15) is 0 Å². The van der Waals surface area contributed by atoms with Gasteiger partial charge < -0.3 is 10.7 Å². The van der Waals surface area contributed by atoms with Crippen LogP contribution in [-0.2, 0) is 6.54 Å². The van der Waals surface area contributed by atoms with E-state index < -0.39 is 0 Å². The Balaban J connectivity index is 2.50. The third kappa shape index (κ3) is 3.71. The minimum atomic E-state index is 0.444. The zero-order valence-corrected chi connectivity index (χ0v) is 9.28. The molecule has 1 aromatic carbocycles. The Morgan fingerprint density at radius 2 is 2.31 bits per heavy atom. The van der Waals surface area contributed by atoms with Crippen LogP contribution >= 0.6 is 28.1 Å². The second-order valence-electron chi connectivity index (χ2n) is 2.46. The summed E-state index contributed by atoms with van der Waals surface area (Å²) in [5, 5.41) is 3.39. The smallest absolute Gasteiger partial charge is 0.180 e. The second-order valence-corrected chi connectivity index (χ2v) is 3.78. The van der Waals surface area contributed by atoms with Crippen LogP contribution in [0, 0.1) is 0 Å². The van der Waals surface area contributed by atoms with E-state index >= 15 is 0 Å². The molecule has 0 heterocycles. The third-order valence-corrected chi connectivity index (χ3v) is 2.23. The molecule has 0 bridgehead atoms. The fourth-order valence-corrected chi connectivity index (χ4v) is 1.40. The van der Waals surface area contributed by atoms with Crippen molar-refractivity contribution in [2.45, 2.75) is 6.54 Å². The molecule has 13 heavy (non-hydrogen) atoms. The first kappa shape index (κ1) is 10.4. The summed E-state index contributed by atoms with van der Waals surface area (Å²) >= 11 is 8.21. The van der Waals surface area contributed by atoms with Crippen LogP contribution in [0.15, 0.2) is 28.7 Å². The van der Waals surface area contributed by atoms with Crippen molar-refractivity contribution in [1.29, 1.82) is 0 Å². The van der Waals surface area contributed by atoms with Crippen molar-refractivity contribution in [3.8, 4) is 0 Å². The molecule has 0 unspecified atom stereocenters. The van der Waals surface area contributed by atoms with Crippen molar-refractivity contribution >= 4 is 33.3 Å². The van der Waals surface area contributed by atoms with E-state index in [4.69, 9.17) is 18.1 Å². The van der Waals surface area contributed by atoms with Crippen LogP contribution in [-0.4, -0.2) is 5.11 Å². The average Bonchev–Trinajstić information content (AvgIpc) is 2.14. The van der Waals surface area contributed by atoms with E-state index in [-0.39, 0.29) is 0 Å². The summed E-state index contributed by atoms with van der Waals surface area (Å²) in [4.78, 5) is 0. The molecule has 0 radical (unpaired) electrons. The van der Waals surface area contributed by atoms with E-state index in [1.807, 2.05) is 24.3 Å². The van der Waals surface area contributed by atoms with E-state index in [1.54, 1.807) is 0 Å². The van der Waals surface area contributed by atoms with Gasteiger partial charge in [-0.3, -0.25) is 0 Å². The first-order valence-corrected chi connectivity index (χ1v) is 4.91. The van der Waals surface area contributed by atoms with Crippen LogP contribution < -0.4 is 16.6 Å². The molecule has 0 aliphatic rings. The van der Waals surface area contributed by atoms with Crippen LogP contribution in [0.4, 0.5) is 0 Å². The van der Waals surface area contributed by atoms with Gasteiger partial charge in [0.1, 0.15) is 0 Å². The lowest BCUT2D eigenvalue weighted by Crippen LogP contribution is -2.39. The Morgan fingerprint density at radius 3 is 2.92 bits per heavy atom. The lowest BCUT2D eigenvalue weighted by Gasteiger charge is -2.06. The van der Waals surface area contributed by atoms with Crippen molar-refractivity contribution in [3.05, 3.63) is 34.3 Å². The summed E-state index contributed by atoms with van der Waals surface area (Å²) in [6, 6.07) is 7.98. The number of nitrogens with one attached hydrogen (secondary N) is 2. The number of nitrogens with two attached hydrogens (primary N) is 1. The lowest BCUT2D eigenvalue weighted by molar-refractivity contribution is 0.866. The van der Waals surface area contributed by atoms with Gasteiger partial charge in [0.05, 0.1) is 0 Å². The molecule has 0 aromatic heterocycles. The Kier molecular flexibility index (Phi) is 4.14. The highest BCUT2D eigenvalue weighted by Gasteiger charge is 1.94. The van der Waals surface area contributed by atoms with Gasteiger partial charge in [0.25, 0.3) is 0 Å². The van der Waals surface area contributed by atoms with Gasteiger partial charge in [-0.2, -0.15) is 0 Å². The minimum Gasteiger partial charge on any atom is -0.358 e. The Labute approximate surface area is 90.8 Å². The molecule has 0 spiro atoms. The molecule has 1 rings (SSSR count). The molecule has 1 aromatic rings. The van der Waals surface area contributed by atoms with Crippen LogP contribution in [0.25, 0.3) is 0 Å². The fourth-order valence-electron chi connectivity index (χ4n) is 0.880. The third-order valence-electron chi connectivity index (χ3n) is 1.47. The molecular weight excluding hydrogens is 250 g/mol. The summed E-state index contributed by atoms with van der Waals surface area (Å²) < 4.78 is 1.05. The number of thiocarbonyl (C=S) groups is 1. The highest BCUT2D eigenvalue weighted by molar-refractivity contribution is 9.10. The van der Waals surface area contributed by atoms with Crippen molar-refractivity contribution < 1.29 is 0 Å². The minimum absolute atomic E-state index is 0.444. The maximum Gasteiger partial charge on any atom is 0.180 e. The molecule has 0 atom stereocenters. The van der Waals surface area contributed by atoms with E-state index in [0.29, 0.717) is 11.7 Å². The van der Waals surface area contributed by atoms with Gasteiger partial charge in [0.15, 0.2) is 5.11 Å². The molecule has 0 aliphatic carbocycles. The normalized spacial score (nSPS) is 9.38. The van der Waals surface area contributed by atoms with Gasteiger partial charge in [-0.05, 0) is 29.9 Å². The zero-order chi connectivity index (χ0) is 9.68. The van der Waals surface area contributed by atoms with Gasteiger partial charge in [0, 0.05) is 11.0 Å². The van der Waals surface area contributed by atoms with Gasteiger partial charge in [-0.15, -0.1) is 0 Å². The number of benzene rings is 1. The van der Waals surface area contributed by atoms with Crippen molar-refractivity contribution in [3.63, 3.8) is 0 Å². The topological polar surface area (TPSA) is 50.1 Å². The monoisotopic (exact) mass is 259 g/mol. The number of hydrogen-bond donors (Lipinski definition) is 3. The molecule has 3 nitrogen and oxygen atoms in total. The molecule has 70 valence electrons. The highest BCUT2D eigenvalue weighted by Crippen LogP contribution is 2.10. The van der Waals surface area contributed by atoms with E-state index in [0.717, 1.165) is 10.0 Å². The summed E-state index contributed by atoms with van der Waals surface area (Å²) in [7, 11) is 0. The quantitative estimate of drug-likeness (QED) is 0.426. The van der Waals surface area contributed by atoms with E-state index in [2.05, 4.69) is 26.7 Å². The van der Waals surface area contributed by atoms with Crippen LogP contribution in [0.1, 0.15) is 5.56 Å². The molecule has 0 amide bonds. The average molecular weight is 260 g/mol. The SMILES string of the molecule is NNC(=S)NCc1cccc(Br)c1. The van der Waals surface area contributed by atoms with Crippen LogP contribution in [0.3, 0.4) is 0 Å². The summed E-state index contributed by atoms with van der Waals surface area (Å²) in [6.07, 6.45) is 0. The standard InChI is InChI=1S/C8H10BrN3S/c9-7-3-1-2-6(4-7)5-11-8(13)12-10/h1-4H,5,10H2,(H2,11,12,13). The van der Waals surface area contributed by atoms with Gasteiger partial charge >= 0.3 is 0 Å². The lowest BCUT2D eigenvalue weighted by atomic mass is 10.2. The highest BCUT2D eigenvalue weighted by atomic mass is 79.9. The summed E-state index contributed by atoms with van der Waals surface area (Å²) in [5.74, 6) is 5.10. The summed E-state index contributed by atoms with van der Waals surface area (Å²) in [5.41, 5.74) is 3.50. The number of hydrazine groups is 1. The van der Waals surface area contributed by atoms with Crippen LogP contribution in [0.5, 0.6) is 0 Å². The van der Waals surface area contributed by atoms with Crippen molar-refractivity contribution in [1.82, 2.24) is 10.7 Å². The Bertz CT molecular complexity index is 303. The van der Waals surface area contributed by atoms with Crippen molar-refractivity contribution in [2.75, 3.05) is 0 Å². The number of rotatable bonds is 2. The zero-order valence-electron chi connectivity index (χ0n) is 6.88. The Morgan fingerprint density at radius 1 is 1.54 bits per heavy atom. The van der Waals surface area contributed by atoms with Crippen LogP contribution in [0.2, 0.25) is 0 Å². The maximum absolute atomic E-state index is 5.10. The predicted molar refractivity (Wildman–Crippen MR) is 60.9 cm³/mol. The molecule has 4 N–H and O–H groups in total. The molecule has 5 heteroatoms. The molecule has 0 aliphatic heterocycles. The first-order valence-electron chi connectivity index (χ1n) is 3.71. The Hall–Kier alpha value is -0.650.